The number of nitrogens with zero attached hydrogens (tertiary/aromatic N) is 2. The van der Waals surface area contributed by atoms with Gasteiger partial charge in [0.1, 0.15) is 0 Å². The predicted octanol–water partition coefficient (Wildman–Crippen LogP) is 4.01. The van der Waals surface area contributed by atoms with Crippen LogP contribution in [-0.4, -0.2) is 20.5 Å². The van der Waals surface area contributed by atoms with Crippen molar-refractivity contribution in [1.82, 2.24) is 9.38 Å². The fraction of sp³-hybridized carbons (Fsp3) is 0. The van der Waals surface area contributed by atoms with Crippen LogP contribution >= 0.6 is 23.2 Å². The Labute approximate surface area is 124 Å². The van der Waals surface area contributed by atoms with Gasteiger partial charge in [0.2, 0.25) is 5.82 Å². The van der Waals surface area contributed by atoms with Gasteiger partial charge in [-0.15, -0.1) is 0 Å². The van der Waals surface area contributed by atoms with Crippen molar-refractivity contribution in [3.63, 3.8) is 0 Å². The molecule has 2 heterocycles. The number of aromatic nitrogens is 2. The first-order chi connectivity index (χ1) is 9.58. The van der Waals surface area contributed by atoms with Crippen molar-refractivity contribution in [2.24, 2.45) is 0 Å². The Balaban J connectivity index is 2.34. The first kappa shape index (κ1) is 13.0. The van der Waals surface area contributed by atoms with Gasteiger partial charge in [-0.05, 0) is 30.3 Å². The molecule has 3 rings (SSSR count). The van der Waals surface area contributed by atoms with Crippen LogP contribution in [0.1, 0.15) is 10.6 Å². The van der Waals surface area contributed by atoms with E-state index < -0.39 is 5.97 Å². The number of fused-ring (bicyclic) bond motifs is 1. The average molecular weight is 307 g/mol. The largest absolute Gasteiger partial charge is 0.475 e. The van der Waals surface area contributed by atoms with E-state index >= 15 is 0 Å². The van der Waals surface area contributed by atoms with Crippen molar-refractivity contribution in [3.8, 4) is 11.3 Å². The number of hydrogen-bond donors (Lipinski definition) is 1. The minimum absolute atomic E-state index is 0.0541. The molecule has 0 saturated carbocycles. The molecule has 0 aliphatic heterocycles. The van der Waals surface area contributed by atoms with Crippen LogP contribution in [0.2, 0.25) is 10.0 Å². The van der Waals surface area contributed by atoms with Crippen LogP contribution in [0.15, 0.2) is 42.6 Å². The second-order valence-electron chi connectivity index (χ2n) is 4.17. The number of hydrogen-bond acceptors (Lipinski definition) is 2. The zero-order valence-corrected chi connectivity index (χ0v) is 11.6. The van der Waals surface area contributed by atoms with E-state index in [1.165, 1.54) is 4.40 Å². The van der Waals surface area contributed by atoms with Crippen LogP contribution in [0.4, 0.5) is 0 Å². The van der Waals surface area contributed by atoms with E-state index in [1.54, 1.807) is 36.5 Å². The van der Waals surface area contributed by atoms with Crippen LogP contribution in [0.5, 0.6) is 0 Å². The van der Waals surface area contributed by atoms with Gasteiger partial charge in [-0.1, -0.05) is 29.3 Å². The Bertz CT molecular complexity index is 827. The van der Waals surface area contributed by atoms with Crippen molar-refractivity contribution < 1.29 is 9.90 Å². The highest BCUT2D eigenvalue weighted by atomic mass is 35.5. The van der Waals surface area contributed by atoms with E-state index in [0.717, 1.165) is 0 Å². The molecule has 0 unspecified atom stereocenters. The van der Waals surface area contributed by atoms with Crippen molar-refractivity contribution in [2.75, 3.05) is 0 Å². The summed E-state index contributed by atoms with van der Waals surface area (Å²) >= 11 is 12.0. The van der Waals surface area contributed by atoms with E-state index in [4.69, 9.17) is 23.2 Å². The molecule has 3 aromatic rings. The third-order valence-electron chi connectivity index (χ3n) is 2.93. The number of carbonyl (C=O) groups is 1. The number of carboxylic acids is 1. The van der Waals surface area contributed by atoms with Gasteiger partial charge >= 0.3 is 5.97 Å². The minimum Gasteiger partial charge on any atom is -0.475 e. The zero-order valence-electron chi connectivity index (χ0n) is 10.0. The maximum absolute atomic E-state index is 11.3. The molecule has 0 atom stereocenters. The average Bonchev–Trinajstić information content (AvgIpc) is 2.78. The molecule has 0 spiro atoms. The Kier molecular flexibility index (Phi) is 3.12. The van der Waals surface area contributed by atoms with Gasteiger partial charge in [-0.25, -0.2) is 9.78 Å². The monoisotopic (exact) mass is 306 g/mol. The number of benzene rings is 1. The normalized spacial score (nSPS) is 10.9. The van der Waals surface area contributed by atoms with Crippen molar-refractivity contribution in [3.05, 3.63) is 58.5 Å². The third-order valence-corrected chi connectivity index (χ3v) is 3.47. The van der Waals surface area contributed by atoms with Crippen LogP contribution < -0.4 is 0 Å². The summed E-state index contributed by atoms with van der Waals surface area (Å²) in [5.74, 6) is -1.15. The lowest BCUT2D eigenvalue weighted by Gasteiger charge is -2.02. The van der Waals surface area contributed by atoms with Gasteiger partial charge < -0.3 is 5.11 Å². The third kappa shape index (κ3) is 2.03. The summed E-state index contributed by atoms with van der Waals surface area (Å²) in [6, 6.07) is 10.4. The van der Waals surface area contributed by atoms with Crippen molar-refractivity contribution in [1.29, 1.82) is 0 Å². The molecule has 0 fully saturated rings. The molecular weight excluding hydrogens is 299 g/mol. The molecule has 0 amide bonds. The number of carboxylic acid groups (broad SMARTS) is 1. The fourth-order valence-corrected chi connectivity index (χ4v) is 2.57. The molecule has 2 aromatic heterocycles. The highest BCUT2D eigenvalue weighted by Gasteiger charge is 2.18. The van der Waals surface area contributed by atoms with E-state index in [1.807, 2.05) is 6.07 Å². The van der Waals surface area contributed by atoms with Crippen LogP contribution in [0.3, 0.4) is 0 Å². The first-order valence-electron chi connectivity index (χ1n) is 5.74. The number of pyridine rings is 1. The molecule has 0 saturated heterocycles. The fourth-order valence-electron chi connectivity index (χ4n) is 2.07. The van der Waals surface area contributed by atoms with Crippen molar-refractivity contribution in [2.45, 2.75) is 0 Å². The van der Waals surface area contributed by atoms with Crippen LogP contribution in [-0.2, 0) is 0 Å². The van der Waals surface area contributed by atoms with Crippen LogP contribution in [0, 0.1) is 0 Å². The molecular formula is C14H8Cl2N2O2. The summed E-state index contributed by atoms with van der Waals surface area (Å²) in [6.45, 7) is 0. The Morgan fingerprint density at radius 1 is 1.20 bits per heavy atom. The van der Waals surface area contributed by atoms with Gasteiger partial charge in [0.05, 0.1) is 16.2 Å². The maximum atomic E-state index is 11.3. The van der Waals surface area contributed by atoms with E-state index in [2.05, 4.69) is 4.98 Å². The predicted molar refractivity (Wildman–Crippen MR) is 77.6 cm³/mol. The lowest BCUT2D eigenvalue weighted by Crippen LogP contribution is -2.02. The molecule has 1 N–H and O–H groups in total. The number of aromatic carboxylic acids is 1. The standard InChI is InChI=1S/C14H8Cl2N2O2/c15-8-4-5-9(10(16)7-8)12-11-3-1-2-6-18(11)13(17-12)14(19)20/h1-7H,(H,19,20). The summed E-state index contributed by atoms with van der Waals surface area (Å²) in [5.41, 5.74) is 1.84. The van der Waals surface area contributed by atoms with Gasteiger partial charge in [-0.3, -0.25) is 4.40 Å². The van der Waals surface area contributed by atoms with Gasteiger partial charge in [0, 0.05) is 16.8 Å². The molecule has 0 bridgehead atoms. The molecule has 100 valence electrons. The number of imidazole rings is 1. The molecule has 4 nitrogen and oxygen atoms in total. The highest BCUT2D eigenvalue weighted by molar-refractivity contribution is 6.36. The minimum atomic E-state index is -1.09. The zero-order chi connectivity index (χ0) is 14.3. The Hall–Kier alpha value is -2.04. The Morgan fingerprint density at radius 2 is 2.00 bits per heavy atom. The van der Waals surface area contributed by atoms with E-state index in [-0.39, 0.29) is 5.82 Å². The van der Waals surface area contributed by atoms with Gasteiger partial charge in [0.15, 0.2) is 0 Å². The molecule has 20 heavy (non-hydrogen) atoms. The lowest BCUT2D eigenvalue weighted by atomic mass is 10.1. The highest BCUT2D eigenvalue weighted by Crippen LogP contribution is 2.32. The second-order valence-corrected chi connectivity index (χ2v) is 5.01. The smallest absolute Gasteiger partial charge is 0.372 e. The SMILES string of the molecule is O=C(O)c1nc(-c2ccc(Cl)cc2Cl)c2ccccn12. The summed E-state index contributed by atoms with van der Waals surface area (Å²) in [7, 11) is 0. The van der Waals surface area contributed by atoms with E-state index in [9.17, 15) is 9.90 Å². The summed E-state index contributed by atoms with van der Waals surface area (Å²) in [4.78, 5) is 15.4. The molecule has 0 aliphatic rings. The lowest BCUT2D eigenvalue weighted by molar-refractivity contribution is 0.0683. The summed E-state index contributed by atoms with van der Waals surface area (Å²) in [6.07, 6.45) is 1.65. The second kappa shape index (κ2) is 4.81. The summed E-state index contributed by atoms with van der Waals surface area (Å²) in [5, 5.41) is 10.2. The quantitative estimate of drug-likeness (QED) is 0.778. The molecule has 0 radical (unpaired) electrons. The molecule has 6 heteroatoms. The first-order valence-corrected chi connectivity index (χ1v) is 6.49. The number of rotatable bonds is 2. The molecule has 0 aliphatic carbocycles. The maximum Gasteiger partial charge on any atom is 0.372 e. The Morgan fingerprint density at radius 3 is 2.70 bits per heavy atom. The topological polar surface area (TPSA) is 54.6 Å². The number of halogens is 2. The van der Waals surface area contributed by atoms with Gasteiger partial charge in [0.25, 0.3) is 0 Å². The van der Waals surface area contributed by atoms with Gasteiger partial charge in [-0.2, -0.15) is 0 Å². The van der Waals surface area contributed by atoms with Crippen LogP contribution in [0.25, 0.3) is 16.8 Å². The summed E-state index contributed by atoms with van der Waals surface area (Å²) < 4.78 is 1.52. The van der Waals surface area contributed by atoms with E-state index in [0.29, 0.717) is 26.8 Å². The van der Waals surface area contributed by atoms with Crippen molar-refractivity contribution >= 4 is 34.7 Å². The molecule has 1 aromatic carbocycles.